The number of hydrogen-bond donors (Lipinski definition) is 0. The van der Waals surface area contributed by atoms with Gasteiger partial charge in [-0.15, -0.1) is 0 Å². The molecule has 2 fully saturated rings. The molecule has 0 unspecified atom stereocenters. The van der Waals surface area contributed by atoms with Crippen LogP contribution in [0.2, 0.25) is 0 Å². The molecular weight excluding hydrogens is 280 g/mol. The fourth-order valence-electron chi connectivity index (χ4n) is 3.78. The molecule has 0 bridgehead atoms. The molecule has 1 spiro atoms. The van der Waals surface area contributed by atoms with Crippen molar-refractivity contribution in [2.24, 2.45) is 5.41 Å². The lowest BCUT2D eigenvalue weighted by Gasteiger charge is -2.30. The van der Waals surface area contributed by atoms with Crippen molar-refractivity contribution < 1.29 is 9.59 Å². The largest absolute Gasteiger partial charge is 0.278 e. The van der Waals surface area contributed by atoms with Crippen molar-refractivity contribution in [2.75, 3.05) is 0 Å². The number of hydrogen-bond acceptors (Lipinski definition) is 4. The van der Waals surface area contributed by atoms with Crippen molar-refractivity contribution in [3.05, 3.63) is 30.2 Å². The molecule has 0 aromatic carbocycles. The van der Waals surface area contributed by atoms with Gasteiger partial charge in [-0.1, -0.05) is 19.3 Å². The van der Waals surface area contributed by atoms with Crippen LogP contribution >= 0.6 is 0 Å². The maximum absolute atomic E-state index is 12.8. The quantitative estimate of drug-likeness (QED) is 0.795. The molecule has 22 heavy (non-hydrogen) atoms. The summed E-state index contributed by atoms with van der Waals surface area (Å²) in [6.45, 7) is 0.336. The van der Waals surface area contributed by atoms with Crippen LogP contribution in [-0.4, -0.2) is 31.3 Å². The van der Waals surface area contributed by atoms with Crippen LogP contribution in [0.25, 0.3) is 5.65 Å². The summed E-state index contributed by atoms with van der Waals surface area (Å²) in [5, 5.41) is 4.05. The summed E-state index contributed by atoms with van der Waals surface area (Å²) in [5.41, 5.74) is 1.23. The lowest BCUT2D eigenvalue weighted by Crippen LogP contribution is -2.36. The molecule has 114 valence electrons. The van der Waals surface area contributed by atoms with E-state index in [9.17, 15) is 9.59 Å². The van der Waals surface area contributed by atoms with E-state index in [1.807, 2.05) is 12.1 Å². The third-order valence-electron chi connectivity index (χ3n) is 4.99. The number of carbonyl (C=O) groups excluding carboxylic acids is 2. The summed E-state index contributed by atoms with van der Waals surface area (Å²) in [7, 11) is 0. The van der Waals surface area contributed by atoms with E-state index in [-0.39, 0.29) is 11.8 Å². The molecule has 2 aromatic heterocycles. The van der Waals surface area contributed by atoms with Gasteiger partial charge in [-0.05, 0) is 30.5 Å². The van der Waals surface area contributed by atoms with Crippen LogP contribution in [0.4, 0.5) is 0 Å². The lowest BCUT2D eigenvalue weighted by atomic mass is 9.73. The van der Waals surface area contributed by atoms with Crippen LogP contribution < -0.4 is 0 Å². The molecule has 1 aliphatic heterocycles. The van der Waals surface area contributed by atoms with Crippen LogP contribution in [0, 0.1) is 5.41 Å². The first-order chi connectivity index (χ1) is 10.7. The Balaban J connectivity index is 1.59. The molecular formula is C16H18N4O2. The molecule has 6 heteroatoms. The third-order valence-corrected chi connectivity index (χ3v) is 4.99. The van der Waals surface area contributed by atoms with Gasteiger partial charge in [-0.25, -0.2) is 9.50 Å². The SMILES string of the molecule is O=C1CC2(CCCCC2)C(=O)N1Cc1ccn2ncnc2c1. The summed E-state index contributed by atoms with van der Waals surface area (Å²) >= 11 is 0. The third kappa shape index (κ3) is 2.01. The fourth-order valence-corrected chi connectivity index (χ4v) is 3.78. The van der Waals surface area contributed by atoms with Gasteiger partial charge in [0.15, 0.2) is 5.65 Å². The maximum Gasteiger partial charge on any atom is 0.236 e. The number of pyridine rings is 1. The summed E-state index contributed by atoms with van der Waals surface area (Å²) in [5.74, 6) is -0.00761. The molecule has 1 saturated heterocycles. The van der Waals surface area contributed by atoms with Crippen molar-refractivity contribution in [1.29, 1.82) is 0 Å². The number of likely N-dealkylation sites (tertiary alicyclic amines) is 1. The minimum atomic E-state index is -0.408. The molecule has 0 radical (unpaired) electrons. The second-order valence-corrected chi connectivity index (χ2v) is 6.40. The predicted octanol–water partition coefficient (Wildman–Crippen LogP) is 1.94. The van der Waals surface area contributed by atoms with Gasteiger partial charge in [-0.3, -0.25) is 14.5 Å². The number of rotatable bonds is 2. The Morgan fingerprint density at radius 3 is 2.82 bits per heavy atom. The van der Waals surface area contributed by atoms with Gasteiger partial charge in [0.25, 0.3) is 0 Å². The van der Waals surface area contributed by atoms with Crippen LogP contribution in [0.15, 0.2) is 24.7 Å². The van der Waals surface area contributed by atoms with Crippen molar-refractivity contribution in [3.63, 3.8) is 0 Å². The highest BCUT2D eigenvalue weighted by molar-refractivity contribution is 6.05. The Hall–Kier alpha value is -2.24. The Morgan fingerprint density at radius 1 is 1.18 bits per heavy atom. The average molecular weight is 298 g/mol. The van der Waals surface area contributed by atoms with Gasteiger partial charge < -0.3 is 0 Å². The average Bonchev–Trinajstić information content (AvgIpc) is 3.07. The Labute approximate surface area is 128 Å². The van der Waals surface area contributed by atoms with Crippen molar-refractivity contribution >= 4 is 17.5 Å². The Kier molecular flexibility index (Phi) is 2.99. The van der Waals surface area contributed by atoms with E-state index < -0.39 is 5.41 Å². The van der Waals surface area contributed by atoms with Gasteiger partial charge >= 0.3 is 0 Å². The molecule has 2 amide bonds. The minimum Gasteiger partial charge on any atom is -0.278 e. The zero-order chi connectivity index (χ0) is 15.2. The zero-order valence-corrected chi connectivity index (χ0v) is 12.4. The van der Waals surface area contributed by atoms with Crippen molar-refractivity contribution in [1.82, 2.24) is 19.5 Å². The number of amides is 2. The van der Waals surface area contributed by atoms with Crippen LogP contribution in [0.1, 0.15) is 44.1 Å². The highest BCUT2D eigenvalue weighted by atomic mass is 16.2. The first-order valence-electron chi connectivity index (χ1n) is 7.81. The second kappa shape index (κ2) is 4.90. The molecule has 6 nitrogen and oxygen atoms in total. The molecule has 2 aromatic rings. The second-order valence-electron chi connectivity index (χ2n) is 6.40. The van der Waals surface area contributed by atoms with E-state index in [0.717, 1.165) is 36.9 Å². The fraction of sp³-hybridized carbons (Fsp3) is 0.500. The van der Waals surface area contributed by atoms with Crippen LogP contribution in [0.3, 0.4) is 0 Å². The number of imide groups is 1. The van der Waals surface area contributed by atoms with E-state index in [2.05, 4.69) is 10.1 Å². The Morgan fingerprint density at radius 2 is 2.00 bits per heavy atom. The molecule has 1 saturated carbocycles. The van der Waals surface area contributed by atoms with Gasteiger partial charge in [-0.2, -0.15) is 5.10 Å². The molecule has 0 N–H and O–H groups in total. The van der Waals surface area contributed by atoms with E-state index in [4.69, 9.17) is 0 Å². The van der Waals surface area contributed by atoms with Crippen LogP contribution in [-0.2, 0) is 16.1 Å². The van der Waals surface area contributed by atoms with Crippen LogP contribution in [0.5, 0.6) is 0 Å². The molecule has 2 aliphatic rings. The van der Waals surface area contributed by atoms with Gasteiger partial charge in [0, 0.05) is 12.6 Å². The first-order valence-corrected chi connectivity index (χ1v) is 7.81. The highest BCUT2D eigenvalue weighted by Gasteiger charge is 2.51. The minimum absolute atomic E-state index is 0.0264. The van der Waals surface area contributed by atoms with Gasteiger partial charge in [0.05, 0.1) is 12.0 Å². The van der Waals surface area contributed by atoms with Crippen molar-refractivity contribution in [3.8, 4) is 0 Å². The monoisotopic (exact) mass is 298 g/mol. The smallest absolute Gasteiger partial charge is 0.236 e. The standard InChI is InChI=1S/C16H18N4O2/c21-14-9-16(5-2-1-3-6-16)15(22)19(14)10-12-4-7-20-13(8-12)17-11-18-20/h4,7-8,11H,1-3,5-6,9-10H2. The van der Waals surface area contributed by atoms with E-state index >= 15 is 0 Å². The van der Waals surface area contributed by atoms with Crippen molar-refractivity contribution in [2.45, 2.75) is 45.1 Å². The van der Waals surface area contributed by atoms with Gasteiger partial charge in [0.2, 0.25) is 11.8 Å². The highest BCUT2D eigenvalue weighted by Crippen LogP contribution is 2.45. The zero-order valence-electron chi connectivity index (χ0n) is 12.4. The number of nitrogens with zero attached hydrogens (tertiary/aromatic N) is 4. The number of fused-ring (bicyclic) bond motifs is 1. The normalized spacial score (nSPS) is 21.2. The number of carbonyl (C=O) groups is 2. The van der Waals surface area contributed by atoms with Gasteiger partial charge in [0.1, 0.15) is 6.33 Å². The Bertz CT molecular complexity index is 745. The van der Waals surface area contributed by atoms with E-state index in [1.165, 1.54) is 17.6 Å². The summed E-state index contributed by atoms with van der Waals surface area (Å²) < 4.78 is 1.67. The van der Waals surface area contributed by atoms with E-state index in [1.54, 1.807) is 10.7 Å². The molecule has 1 aliphatic carbocycles. The first kappa shape index (κ1) is 13.4. The lowest BCUT2D eigenvalue weighted by molar-refractivity contribution is -0.142. The molecule has 0 atom stereocenters. The maximum atomic E-state index is 12.8. The molecule has 3 heterocycles. The molecule has 4 rings (SSSR count). The van der Waals surface area contributed by atoms with E-state index in [0.29, 0.717) is 13.0 Å². The summed E-state index contributed by atoms with van der Waals surface area (Å²) in [6, 6.07) is 3.76. The topological polar surface area (TPSA) is 67.6 Å². The predicted molar refractivity (Wildman–Crippen MR) is 78.7 cm³/mol. The number of aromatic nitrogens is 3. The summed E-state index contributed by atoms with van der Waals surface area (Å²) in [4.78, 5) is 30.7. The summed E-state index contributed by atoms with van der Waals surface area (Å²) in [6.07, 6.45) is 8.68.